The van der Waals surface area contributed by atoms with Gasteiger partial charge >= 0.3 is 0 Å². The van der Waals surface area contributed by atoms with Gasteiger partial charge < -0.3 is 4.57 Å². The summed E-state index contributed by atoms with van der Waals surface area (Å²) in [5, 5.41) is -0.681. The number of benzene rings is 9. The summed E-state index contributed by atoms with van der Waals surface area (Å²) in [7, 11) is 0. The lowest BCUT2D eigenvalue weighted by Gasteiger charge is -2.16. The summed E-state index contributed by atoms with van der Waals surface area (Å²) in [6.07, 6.45) is 0. The van der Waals surface area contributed by atoms with E-state index in [1.54, 1.807) is 6.07 Å². The van der Waals surface area contributed by atoms with Crippen molar-refractivity contribution >= 4 is 21.8 Å². The Bertz CT molecular complexity index is 4280. The molecule has 0 spiro atoms. The van der Waals surface area contributed by atoms with E-state index in [1.165, 1.54) is 16.7 Å². The molecule has 0 aliphatic carbocycles. The highest BCUT2D eigenvalue weighted by Gasteiger charge is 2.20. The van der Waals surface area contributed by atoms with Gasteiger partial charge in [0, 0.05) is 33.0 Å². The zero-order valence-corrected chi connectivity index (χ0v) is 31.9. The van der Waals surface area contributed by atoms with Crippen LogP contribution in [-0.2, 0) is 0 Å². The first-order chi connectivity index (χ1) is 37.3. The predicted octanol–water partition coefficient (Wildman–Crippen LogP) is 14.6. The summed E-state index contributed by atoms with van der Waals surface area (Å²) in [5.74, 6) is 0.563. The maximum Gasteiger partial charge on any atom is 0.164 e. The SMILES string of the molecule is [2H]c1c([2H])c([2H])c(-c2cc(-c3nc(-c4ccc(-c5ccccc5)cc4)nc(-c4cccc(-c5ccccc5)c4)n3)ccc2-n2c3c([2H])c([2H])c([2H])c([2H])c3c3c(-c4c([2H])c([2H])c([2H])c([2H])c4[2H])c([2H])c([2H])c([2H])c32)c([2H])c1[2H]. The number of fused-ring (bicyclic) bond motifs is 3. The quantitative estimate of drug-likeness (QED) is 0.154. The summed E-state index contributed by atoms with van der Waals surface area (Å²) in [6, 6.07) is 26.6. The number of hydrogen-bond acceptors (Lipinski definition) is 3. The molecule has 0 fully saturated rings. The molecular weight excluding hydrogens is 741 g/mol. The van der Waals surface area contributed by atoms with Gasteiger partial charge in [-0.1, -0.05) is 194 Å². The second kappa shape index (κ2) is 15.5. The van der Waals surface area contributed by atoms with E-state index >= 15 is 0 Å². The Balaban J connectivity index is 1.26. The molecule has 0 saturated heterocycles. The molecule has 4 heteroatoms. The molecule has 11 aromatic rings. The summed E-state index contributed by atoms with van der Waals surface area (Å²) >= 11 is 0. The Morgan fingerprint density at radius 1 is 0.328 bits per heavy atom. The lowest BCUT2D eigenvalue weighted by molar-refractivity contribution is 1.07. The Kier molecular flexibility index (Phi) is 5.66. The predicted molar refractivity (Wildman–Crippen MR) is 252 cm³/mol. The van der Waals surface area contributed by atoms with Gasteiger partial charge in [-0.05, 0) is 75.3 Å². The first-order valence-corrected chi connectivity index (χ1v) is 19.2. The minimum atomic E-state index is -0.803. The van der Waals surface area contributed by atoms with Gasteiger partial charge in [-0.15, -0.1) is 0 Å². The Morgan fingerprint density at radius 3 is 1.51 bits per heavy atom. The van der Waals surface area contributed by atoms with Crippen LogP contribution < -0.4 is 0 Å². The van der Waals surface area contributed by atoms with Gasteiger partial charge in [-0.3, -0.25) is 0 Å². The van der Waals surface area contributed by atoms with Crippen LogP contribution in [0, 0.1) is 0 Å². The largest absolute Gasteiger partial charge is 0.309 e. The minimum Gasteiger partial charge on any atom is -0.309 e. The topological polar surface area (TPSA) is 43.6 Å². The van der Waals surface area contributed by atoms with E-state index in [0.29, 0.717) is 11.1 Å². The standard InChI is InChI=1S/C57H38N4/c1-5-17-39(18-6-1)41-31-33-44(34-32-41)55-58-56(46-26-15-25-45(37-46)40-19-7-2-8-20-40)60-57(59-55)47-35-36-52(50(38-47)43-23-11-4-12-24-43)61-51-29-14-13-27-49(51)54-48(28-16-30-53(54)61)42-21-9-3-10-22-42/h1-38H/i3D,4D,9D,10D,11D,12D,13D,14D,16D,21D,22D,23D,24D,27D,28D,29D,30D. The molecule has 0 unspecified atom stereocenters. The van der Waals surface area contributed by atoms with Crippen molar-refractivity contribution in [1.29, 1.82) is 0 Å². The van der Waals surface area contributed by atoms with Crippen molar-refractivity contribution in [2.45, 2.75) is 0 Å². The molecule has 0 aliphatic heterocycles. The molecule has 2 heterocycles. The van der Waals surface area contributed by atoms with E-state index in [-0.39, 0.29) is 61.7 Å². The van der Waals surface area contributed by atoms with Crippen LogP contribution >= 0.6 is 0 Å². The van der Waals surface area contributed by atoms with Gasteiger partial charge in [0.15, 0.2) is 17.5 Å². The van der Waals surface area contributed by atoms with Crippen molar-refractivity contribution in [3.63, 3.8) is 0 Å². The van der Waals surface area contributed by atoms with Crippen molar-refractivity contribution in [2.24, 2.45) is 0 Å². The zero-order valence-electron chi connectivity index (χ0n) is 48.9. The average molecular weight is 796 g/mol. The van der Waals surface area contributed by atoms with Crippen molar-refractivity contribution in [1.82, 2.24) is 19.5 Å². The molecule has 0 N–H and O–H groups in total. The molecule has 0 amide bonds. The molecule has 0 radical (unpaired) electrons. The van der Waals surface area contributed by atoms with Gasteiger partial charge in [0.05, 0.1) is 40.0 Å². The molecule has 0 atom stereocenters. The summed E-state index contributed by atoms with van der Waals surface area (Å²) in [5.41, 5.74) is 2.72. The number of para-hydroxylation sites is 1. The molecule has 4 nitrogen and oxygen atoms in total. The monoisotopic (exact) mass is 795 g/mol. The van der Waals surface area contributed by atoms with Crippen LogP contribution in [0.25, 0.3) is 106 Å². The van der Waals surface area contributed by atoms with E-state index in [1.807, 2.05) is 109 Å². The van der Waals surface area contributed by atoms with Gasteiger partial charge in [-0.25, -0.2) is 15.0 Å². The van der Waals surface area contributed by atoms with Gasteiger partial charge in [0.25, 0.3) is 0 Å². The lowest BCUT2D eigenvalue weighted by atomic mass is 9.99. The number of hydrogen-bond donors (Lipinski definition) is 0. The fraction of sp³-hybridized carbons (Fsp3) is 0. The normalized spacial score (nSPS) is 15.2. The third kappa shape index (κ3) is 6.76. The Hall–Kier alpha value is -8.21. The smallest absolute Gasteiger partial charge is 0.164 e. The third-order valence-corrected chi connectivity index (χ3v) is 10.3. The van der Waals surface area contributed by atoms with Crippen molar-refractivity contribution in [2.75, 3.05) is 0 Å². The summed E-state index contributed by atoms with van der Waals surface area (Å²) in [4.78, 5) is 15.0. The van der Waals surface area contributed by atoms with Crippen LogP contribution in [0.2, 0.25) is 0 Å². The van der Waals surface area contributed by atoms with Gasteiger partial charge in [-0.2, -0.15) is 0 Å². The van der Waals surface area contributed by atoms with E-state index in [9.17, 15) is 9.60 Å². The molecule has 9 aromatic carbocycles. The highest BCUT2D eigenvalue weighted by Crippen LogP contribution is 2.41. The molecule has 286 valence electrons. The van der Waals surface area contributed by atoms with Crippen LogP contribution in [0.1, 0.15) is 23.3 Å². The molecule has 0 bridgehead atoms. The van der Waals surface area contributed by atoms with E-state index in [0.717, 1.165) is 22.3 Å². The van der Waals surface area contributed by atoms with Crippen molar-refractivity contribution in [3.8, 4) is 84.4 Å². The number of nitrogens with zero attached hydrogens (tertiary/aromatic N) is 4. The Labute approximate surface area is 378 Å². The van der Waals surface area contributed by atoms with E-state index in [2.05, 4.69) is 0 Å². The molecular formula is C57H38N4. The number of aromatic nitrogens is 4. The Morgan fingerprint density at radius 2 is 0.820 bits per heavy atom. The second-order valence-electron chi connectivity index (χ2n) is 14.0. The molecule has 11 rings (SSSR count). The highest BCUT2D eigenvalue weighted by molar-refractivity contribution is 6.16. The fourth-order valence-corrected chi connectivity index (χ4v) is 7.51. The average Bonchev–Trinajstić information content (AvgIpc) is 4.04. The third-order valence-electron chi connectivity index (χ3n) is 10.3. The zero-order chi connectivity index (χ0) is 55.3. The molecule has 0 aliphatic rings. The molecule has 61 heavy (non-hydrogen) atoms. The molecule has 2 aromatic heterocycles. The number of rotatable bonds is 8. The first-order valence-electron chi connectivity index (χ1n) is 27.7. The van der Waals surface area contributed by atoms with Crippen LogP contribution in [0.3, 0.4) is 0 Å². The van der Waals surface area contributed by atoms with Gasteiger partial charge in [0.1, 0.15) is 0 Å². The fourth-order valence-electron chi connectivity index (χ4n) is 7.51. The van der Waals surface area contributed by atoms with Crippen LogP contribution in [0.4, 0.5) is 0 Å². The van der Waals surface area contributed by atoms with Gasteiger partial charge in [0.2, 0.25) is 0 Å². The van der Waals surface area contributed by atoms with Crippen molar-refractivity contribution in [3.05, 3.63) is 230 Å². The minimum absolute atomic E-state index is 0.0634. The summed E-state index contributed by atoms with van der Waals surface area (Å²) < 4.78 is 154. The van der Waals surface area contributed by atoms with Crippen LogP contribution in [-0.4, -0.2) is 19.5 Å². The molecule has 0 saturated carbocycles. The maximum absolute atomic E-state index is 9.53. The van der Waals surface area contributed by atoms with E-state index in [4.69, 9.17) is 28.7 Å². The summed E-state index contributed by atoms with van der Waals surface area (Å²) in [6.45, 7) is 0. The van der Waals surface area contributed by atoms with Crippen LogP contribution in [0.15, 0.2) is 230 Å². The highest BCUT2D eigenvalue weighted by atomic mass is 15.0. The van der Waals surface area contributed by atoms with Crippen LogP contribution in [0.5, 0.6) is 0 Å². The second-order valence-corrected chi connectivity index (χ2v) is 14.0. The lowest BCUT2D eigenvalue weighted by Crippen LogP contribution is -2.02. The van der Waals surface area contributed by atoms with E-state index < -0.39 is 114 Å². The maximum atomic E-state index is 9.53. The van der Waals surface area contributed by atoms with Crippen molar-refractivity contribution < 1.29 is 23.3 Å². The first kappa shape index (κ1) is 22.2.